The zero-order valence-corrected chi connectivity index (χ0v) is 18.3. The Labute approximate surface area is 186 Å². The number of carbonyl (C=O) groups excluding carboxylic acids is 1. The first-order valence-corrected chi connectivity index (χ1v) is 11.1. The van der Waals surface area contributed by atoms with Gasteiger partial charge in [0.1, 0.15) is 6.54 Å². The smallest absolute Gasteiger partial charge is 0.408 e. The van der Waals surface area contributed by atoms with Gasteiger partial charge in [0, 0.05) is 38.9 Å². The van der Waals surface area contributed by atoms with Gasteiger partial charge in [-0.2, -0.15) is 0 Å². The Hall–Kier alpha value is -3.10. The molecule has 5 rings (SSSR count). The third kappa shape index (κ3) is 4.03. The van der Waals surface area contributed by atoms with E-state index in [0.717, 1.165) is 26.1 Å². The molecule has 32 heavy (non-hydrogen) atoms. The monoisotopic (exact) mass is 436 g/mol. The lowest BCUT2D eigenvalue weighted by molar-refractivity contribution is -0.122. The molecule has 0 spiro atoms. The van der Waals surface area contributed by atoms with Crippen LogP contribution in [0.1, 0.15) is 17.2 Å². The molecule has 1 atom stereocenters. The first-order chi connectivity index (χ1) is 15.6. The number of nitrogens with zero attached hydrogens (tertiary/aromatic N) is 3. The zero-order valence-electron chi connectivity index (χ0n) is 18.3. The van der Waals surface area contributed by atoms with E-state index in [2.05, 4.69) is 40.4 Å². The van der Waals surface area contributed by atoms with Gasteiger partial charge in [0.15, 0.2) is 5.58 Å². The van der Waals surface area contributed by atoms with Crippen LogP contribution in [0.2, 0.25) is 0 Å². The second-order valence-corrected chi connectivity index (χ2v) is 8.45. The first-order valence-electron chi connectivity index (χ1n) is 11.1. The standard InChI is InChI=1S/C24H28N4O4/c1-26-9-8-18-14-17(6-7-19(18)26)21(27-10-12-31-13-11-27)15-25-23(29)16-28-20-4-2-3-5-22(20)32-24(28)30/h2-7,14,21H,8-13,15-16H2,1H3,(H,25,29)/t21-/m1/s1. The number of anilines is 1. The van der Waals surface area contributed by atoms with Gasteiger partial charge in [-0.15, -0.1) is 0 Å². The second-order valence-electron chi connectivity index (χ2n) is 8.45. The average Bonchev–Trinajstić information content (AvgIpc) is 3.34. The molecular formula is C24H28N4O4. The summed E-state index contributed by atoms with van der Waals surface area (Å²) in [5, 5.41) is 3.05. The summed E-state index contributed by atoms with van der Waals surface area (Å²) >= 11 is 0. The number of likely N-dealkylation sites (N-methyl/N-ethyl adjacent to an activating group) is 1. The van der Waals surface area contributed by atoms with Crippen molar-refractivity contribution in [1.82, 2.24) is 14.8 Å². The van der Waals surface area contributed by atoms with E-state index >= 15 is 0 Å². The van der Waals surface area contributed by atoms with E-state index in [1.54, 1.807) is 18.2 Å². The molecule has 0 bridgehead atoms. The number of ether oxygens (including phenoxy) is 1. The number of hydrogen-bond donors (Lipinski definition) is 1. The first kappa shape index (κ1) is 20.8. The van der Waals surface area contributed by atoms with Crippen LogP contribution in [0.25, 0.3) is 11.1 Å². The van der Waals surface area contributed by atoms with E-state index in [-0.39, 0.29) is 18.5 Å². The maximum absolute atomic E-state index is 12.8. The van der Waals surface area contributed by atoms with E-state index in [1.165, 1.54) is 21.4 Å². The van der Waals surface area contributed by atoms with Crippen LogP contribution in [-0.4, -0.2) is 61.8 Å². The van der Waals surface area contributed by atoms with Gasteiger partial charge in [0.2, 0.25) is 5.91 Å². The van der Waals surface area contributed by atoms with Crippen LogP contribution in [0.3, 0.4) is 0 Å². The summed E-state index contributed by atoms with van der Waals surface area (Å²) in [6.45, 7) is 4.46. The number of fused-ring (bicyclic) bond motifs is 2. The summed E-state index contributed by atoms with van der Waals surface area (Å²) in [6.07, 6.45) is 1.04. The molecule has 1 amide bonds. The fourth-order valence-electron chi connectivity index (χ4n) is 4.71. The number of aromatic nitrogens is 1. The molecule has 2 aromatic carbocycles. The molecule has 1 aromatic heterocycles. The summed E-state index contributed by atoms with van der Waals surface area (Å²) in [5.41, 5.74) is 4.95. The number of nitrogens with one attached hydrogen (secondary N) is 1. The van der Waals surface area contributed by atoms with E-state index < -0.39 is 5.76 Å². The van der Waals surface area contributed by atoms with Crippen molar-refractivity contribution in [3.63, 3.8) is 0 Å². The molecule has 8 heteroatoms. The minimum atomic E-state index is -0.520. The minimum Gasteiger partial charge on any atom is -0.408 e. The number of hydrogen-bond acceptors (Lipinski definition) is 6. The summed E-state index contributed by atoms with van der Waals surface area (Å²) in [6, 6.07) is 13.8. The average molecular weight is 437 g/mol. The normalized spacial score (nSPS) is 17.5. The molecule has 0 unspecified atom stereocenters. The molecule has 168 valence electrons. The number of amides is 1. The molecule has 1 saturated heterocycles. The largest absolute Gasteiger partial charge is 0.420 e. The van der Waals surface area contributed by atoms with E-state index in [4.69, 9.17) is 9.15 Å². The van der Waals surface area contributed by atoms with Crippen LogP contribution < -0.4 is 16.0 Å². The fraction of sp³-hybridized carbons (Fsp3) is 0.417. The van der Waals surface area contributed by atoms with Gasteiger partial charge < -0.3 is 19.4 Å². The van der Waals surface area contributed by atoms with Crippen molar-refractivity contribution in [3.8, 4) is 0 Å². The molecule has 2 aliphatic rings. The van der Waals surface area contributed by atoms with Gasteiger partial charge in [-0.05, 0) is 35.7 Å². The zero-order chi connectivity index (χ0) is 22.1. The van der Waals surface area contributed by atoms with Gasteiger partial charge in [0.25, 0.3) is 0 Å². The quantitative estimate of drug-likeness (QED) is 0.635. The van der Waals surface area contributed by atoms with E-state index in [0.29, 0.717) is 30.9 Å². The predicted octanol–water partition coefficient (Wildman–Crippen LogP) is 1.78. The molecule has 8 nitrogen and oxygen atoms in total. The Balaban J connectivity index is 1.33. The van der Waals surface area contributed by atoms with Gasteiger partial charge in [-0.1, -0.05) is 24.3 Å². The highest BCUT2D eigenvalue weighted by molar-refractivity contribution is 5.79. The van der Waals surface area contributed by atoms with Crippen LogP contribution in [0, 0.1) is 0 Å². The number of rotatable bonds is 6. The third-order valence-electron chi connectivity index (χ3n) is 6.47. The topological polar surface area (TPSA) is 80.0 Å². The van der Waals surface area contributed by atoms with Crippen molar-refractivity contribution in [2.75, 3.05) is 51.3 Å². The molecule has 3 aromatic rings. The highest BCUT2D eigenvalue weighted by Gasteiger charge is 2.25. The van der Waals surface area contributed by atoms with Gasteiger partial charge in [0.05, 0.1) is 24.8 Å². The maximum atomic E-state index is 12.8. The lowest BCUT2D eigenvalue weighted by Crippen LogP contribution is -2.44. The number of morpholine rings is 1. The molecule has 2 aliphatic heterocycles. The van der Waals surface area contributed by atoms with Crippen molar-refractivity contribution in [3.05, 3.63) is 64.1 Å². The van der Waals surface area contributed by atoms with Crippen LogP contribution in [-0.2, 0) is 22.5 Å². The van der Waals surface area contributed by atoms with Crippen molar-refractivity contribution in [1.29, 1.82) is 0 Å². The van der Waals surface area contributed by atoms with Crippen LogP contribution in [0.15, 0.2) is 51.7 Å². The number of benzene rings is 2. The Kier molecular flexibility index (Phi) is 5.71. The predicted molar refractivity (Wildman–Crippen MR) is 122 cm³/mol. The fourth-order valence-corrected chi connectivity index (χ4v) is 4.71. The Morgan fingerprint density at radius 3 is 2.78 bits per heavy atom. The van der Waals surface area contributed by atoms with Crippen molar-refractivity contribution in [2.24, 2.45) is 0 Å². The number of oxazole rings is 1. The van der Waals surface area contributed by atoms with Crippen molar-refractivity contribution < 1.29 is 13.9 Å². The van der Waals surface area contributed by atoms with Crippen molar-refractivity contribution in [2.45, 2.75) is 19.0 Å². The van der Waals surface area contributed by atoms with Crippen LogP contribution >= 0.6 is 0 Å². The molecule has 0 aliphatic carbocycles. The summed E-state index contributed by atoms with van der Waals surface area (Å²) in [4.78, 5) is 29.6. The third-order valence-corrected chi connectivity index (χ3v) is 6.47. The minimum absolute atomic E-state index is 0.0527. The maximum Gasteiger partial charge on any atom is 0.420 e. The van der Waals surface area contributed by atoms with E-state index in [1.807, 2.05) is 6.07 Å². The summed E-state index contributed by atoms with van der Waals surface area (Å²) < 4.78 is 12.2. The lowest BCUT2D eigenvalue weighted by atomic mass is 10.0. The second kappa shape index (κ2) is 8.80. The Bertz CT molecular complexity index is 1180. The lowest BCUT2D eigenvalue weighted by Gasteiger charge is -2.35. The molecule has 1 N–H and O–H groups in total. The number of carbonyl (C=O) groups is 1. The number of para-hydroxylation sites is 2. The highest BCUT2D eigenvalue weighted by Crippen LogP contribution is 2.31. The van der Waals surface area contributed by atoms with Crippen LogP contribution in [0.5, 0.6) is 0 Å². The summed E-state index contributed by atoms with van der Waals surface area (Å²) in [7, 11) is 2.12. The van der Waals surface area contributed by atoms with Crippen LogP contribution in [0.4, 0.5) is 5.69 Å². The van der Waals surface area contributed by atoms with Crippen molar-refractivity contribution >= 4 is 22.7 Å². The highest BCUT2D eigenvalue weighted by atomic mass is 16.5. The SMILES string of the molecule is CN1CCc2cc([C@@H](CNC(=O)Cn3c(=O)oc4ccccc43)N3CCOCC3)ccc21. The molecule has 0 radical (unpaired) electrons. The van der Waals surface area contributed by atoms with Gasteiger partial charge in [-0.25, -0.2) is 4.79 Å². The molecule has 1 fully saturated rings. The molecule has 3 heterocycles. The summed E-state index contributed by atoms with van der Waals surface area (Å²) in [5.74, 6) is -0.730. The van der Waals surface area contributed by atoms with E-state index in [9.17, 15) is 9.59 Å². The molecular weight excluding hydrogens is 408 g/mol. The van der Waals surface area contributed by atoms with Gasteiger partial charge in [-0.3, -0.25) is 14.3 Å². The Morgan fingerprint density at radius 2 is 1.94 bits per heavy atom. The Morgan fingerprint density at radius 1 is 1.12 bits per heavy atom. The molecule has 0 saturated carbocycles. The van der Waals surface area contributed by atoms with Gasteiger partial charge >= 0.3 is 5.76 Å².